The number of rotatable bonds is 4. The lowest BCUT2D eigenvalue weighted by atomic mass is 10.2. The molecule has 1 atom stereocenters. The SMILES string of the molecule is CCCn1c(=O)c2ccccc2n([C@H](C)C(=O)N2CCOCC2)c1=O. The average molecular weight is 345 g/mol. The molecule has 1 amide bonds. The van der Waals surface area contributed by atoms with E-state index in [9.17, 15) is 14.4 Å². The number of amides is 1. The van der Waals surface area contributed by atoms with E-state index >= 15 is 0 Å². The first-order chi connectivity index (χ1) is 12.1. The predicted octanol–water partition coefficient (Wildman–Crippen LogP) is 0.993. The zero-order valence-corrected chi connectivity index (χ0v) is 14.6. The van der Waals surface area contributed by atoms with Crippen molar-refractivity contribution in [3.05, 3.63) is 45.1 Å². The van der Waals surface area contributed by atoms with Crippen molar-refractivity contribution in [3.8, 4) is 0 Å². The highest BCUT2D eigenvalue weighted by Gasteiger charge is 2.26. The maximum absolute atomic E-state index is 13.0. The van der Waals surface area contributed by atoms with Gasteiger partial charge in [0.05, 0.1) is 24.1 Å². The van der Waals surface area contributed by atoms with E-state index in [1.807, 2.05) is 6.92 Å². The lowest BCUT2D eigenvalue weighted by molar-refractivity contribution is -0.138. The molecule has 134 valence electrons. The van der Waals surface area contributed by atoms with Crippen molar-refractivity contribution in [1.82, 2.24) is 14.0 Å². The van der Waals surface area contributed by atoms with Crippen molar-refractivity contribution in [2.45, 2.75) is 32.9 Å². The van der Waals surface area contributed by atoms with Gasteiger partial charge in [-0.2, -0.15) is 0 Å². The van der Waals surface area contributed by atoms with Gasteiger partial charge in [0.25, 0.3) is 5.56 Å². The van der Waals surface area contributed by atoms with Crippen LogP contribution in [0.2, 0.25) is 0 Å². The number of hydrogen-bond acceptors (Lipinski definition) is 4. The first-order valence-corrected chi connectivity index (χ1v) is 8.67. The summed E-state index contributed by atoms with van der Waals surface area (Å²) in [6, 6.07) is 6.28. The van der Waals surface area contributed by atoms with Gasteiger partial charge in [-0.05, 0) is 25.5 Å². The van der Waals surface area contributed by atoms with Gasteiger partial charge in [-0.1, -0.05) is 19.1 Å². The molecule has 1 aliphatic heterocycles. The van der Waals surface area contributed by atoms with Crippen LogP contribution in [0.3, 0.4) is 0 Å². The molecule has 7 heteroatoms. The van der Waals surface area contributed by atoms with Crippen LogP contribution >= 0.6 is 0 Å². The predicted molar refractivity (Wildman–Crippen MR) is 94.9 cm³/mol. The molecule has 1 aromatic heterocycles. The molecule has 1 fully saturated rings. The van der Waals surface area contributed by atoms with Gasteiger partial charge < -0.3 is 9.64 Å². The summed E-state index contributed by atoms with van der Waals surface area (Å²) in [5.74, 6) is -0.128. The number of carbonyl (C=O) groups excluding carboxylic acids is 1. The summed E-state index contributed by atoms with van der Waals surface area (Å²) in [5.41, 5.74) is -0.233. The topological polar surface area (TPSA) is 73.5 Å². The average Bonchev–Trinajstić information content (AvgIpc) is 2.65. The molecular formula is C18H23N3O4. The molecule has 7 nitrogen and oxygen atoms in total. The molecule has 1 aliphatic rings. The Morgan fingerprint density at radius 3 is 2.56 bits per heavy atom. The fraction of sp³-hybridized carbons (Fsp3) is 0.500. The second-order valence-electron chi connectivity index (χ2n) is 6.24. The minimum atomic E-state index is -0.681. The van der Waals surface area contributed by atoms with Crippen LogP contribution in [0.25, 0.3) is 10.9 Å². The third-order valence-corrected chi connectivity index (χ3v) is 4.59. The highest BCUT2D eigenvalue weighted by molar-refractivity contribution is 5.84. The van der Waals surface area contributed by atoms with Crippen LogP contribution in [-0.4, -0.2) is 46.2 Å². The zero-order chi connectivity index (χ0) is 18.0. The van der Waals surface area contributed by atoms with Gasteiger partial charge in [0.15, 0.2) is 0 Å². The fourth-order valence-electron chi connectivity index (χ4n) is 3.28. The van der Waals surface area contributed by atoms with Crippen molar-refractivity contribution >= 4 is 16.8 Å². The number of hydrogen-bond donors (Lipinski definition) is 0. The van der Waals surface area contributed by atoms with E-state index in [0.717, 1.165) is 0 Å². The zero-order valence-electron chi connectivity index (χ0n) is 14.6. The molecule has 0 saturated carbocycles. The number of benzene rings is 1. The second kappa shape index (κ2) is 7.23. The lowest BCUT2D eigenvalue weighted by Gasteiger charge is -2.30. The first kappa shape index (κ1) is 17.4. The van der Waals surface area contributed by atoms with Crippen LogP contribution in [0.4, 0.5) is 0 Å². The molecule has 0 spiro atoms. The minimum Gasteiger partial charge on any atom is -0.378 e. The number of para-hydroxylation sites is 1. The summed E-state index contributed by atoms with van der Waals surface area (Å²) < 4.78 is 7.96. The second-order valence-corrected chi connectivity index (χ2v) is 6.24. The number of fused-ring (bicyclic) bond motifs is 1. The molecule has 1 saturated heterocycles. The molecule has 0 unspecified atom stereocenters. The molecule has 3 rings (SSSR count). The Hall–Kier alpha value is -2.41. The van der Waals surface area contributed by atoms with Crippen molar-refractivity contribution in [1.29, 1.82) is 0 Å². The van der Waals surface area contributed by atoms with Gasteiger partial charge in [0.1, 0.15) is 6.04 Å². The molecule has 0 aliphatic carbocycles. The maximum Gasteiger partial charge on any atom is 0.332 e. The van der Waals surface area contributed by atoms with Gasteiger partial charge in [-0.15, -0.1) is 0 Å². The Bertz CT molecular complexity index is 893. The van der Waals surface area contributed by atoms with Crippen molar-refractivity contribution < 1.29 is 9.53 Å². The number of aromatic nitrogens is 2. The Morgan fingerprint density at radius 1 is 1.20 bits per heavy atom. The number of morpholine rings is 1. The summed E-state index contributed by atoms with van der Waals surface area (Å²) >= 11 is 0. The first-order valence-electron chi connectivity index (χ1n) is 8.67. The van der Waals surface area contributed by atoms with Gasteiger partial charge in [0.2, 0.25) is 5.91 Å². The van der Waals surface area contributed by atoms with E-state index in [4.69, 9.17) is 4.74 Å². The summed E-state index contributed by atoms with van der Waals surface area (Å²) in [4.78, 5) is 40.2. The molecule has 2 heterocycles. The van der Waals surface area contributed by atoms with Crippen LogP contribution in [0.5, 0.6) is 0 Å². The Morgan fingerprint density at radius 2 is 1.88 bits per heavy atom. The molecule has 1 aromatic carbocycles. The summed E-state index contributed by atoms with van der Waals surface area (Å²) in [6.07, 6.45) is 0.666. The minimum absolute atomic E-state index is 0.128. The van der Waals surface area contributed by atoms with Crippen LogP contribution in [0, 0.1) is 0 Å². The third-order valence-electron chi connectivity index (χ3n) is 4.59. The van der Waals surface area contributed by atoms with E-state index < -0.39 is 11.7 Å². The van der Waals surface area contributed by atoms with E-state index in [-0.39, 0.29) is 11.5 Å². The standard InChI is InChI=1S/C18H23N3O4/c1-3-8-20-17(23)14-6-4-5-7-15(14)21(18(20)24)13(2)16(22)19-9-11-25-12-10-19/h4-7,13H,3,8-12H2,1-2H3/t13-/m1/s1. The Labute approximate surface area is 145 Å². The molecule has 0 radical (unpaired) electrons. The monoisotopic (exact) mass is 345 g/mol. The van der Waals surface area contributed by atoms with Crippen molar-refractivity contribution in [2.75, 3.05) is 26.3 Å². The quantitative estimate of drug-likeness (QED) is 0.828. The largest absolute Gasteiger partial charge is 0.378 e. The smallest absolute Gasteiger partial charge is 0.332 e. The van der Waals surface area contributed by atoms with Crippen LogP contribution < -0.4 is 11.2 Å². The highest BCUT2D eigenvalue weighted by atomic mass is 16.5. The van der Waals surface area contributed by atoms with E-state index in [1.54, 1.807) is 36.1 Å². The van der Waals surface area contributed by atoms with Crippen molar-refractivity contribution in [2.24, 2.45) is 0 Å². The van der Waals surface area contributed by atoms with Crippen LogP contribution in [0.1, 0.15) is 26.3 Å². The van der Waals surface area contributed by atoms with Crippen LogP contribution in [-0.2, 0) is 16.1 Å². The van der Waals surface area contributed by atoms with Gasteiger partial charge in [-0.25, -0.2) is 4.79 Å². The van der Waals surface area contributed by atoms with Gasteiger partial charge >= 0.3 is 5.69 Å². The summed E-state index contributed by atoms with van der Waals surface area (Å²) in [5, 5.41) is 0.456. The number of carbonyl (C=O) groups is 1. The molecule has 0 N–H and O–H groups in total. The van der Waals surface area contributed by atoms with Gasteiger partial charge in [0, 0.05) is 19.6 Å². The number of nitrogens with zero attached hydrogens (tertiary/aromatic N) is 3. The normalized spacial score (nSPS) is 16.2. The lowest BCUT2D eigenvalue weighted by Crippen LogP contribution is -2.48. The Balaban J connectivity index is 2.15. The fourth-order valence-corrected chi connectivity index (χ4v) is 3.28. The van der Waals surface area contributed by atoms with E-state index in [0.29, 0.717) is 50.2 Å². The summed E-state index contributed by atoms with van der Waals surface area (Å²) in [7, 11) is 0. The third kappa shape index (κ3) is 3.11. The highest BCUT2D eigenvalue weighted by Crippen LogP contribution is 2.16. The maximum atomic E-state index is 13.0. The van der Waals surface area contributed by atoms with E-state index in [2.05, 4.69) is 0 Å². The van der Waals surface area contributed by atoms with Gasteiger partial charge in [-0.3, -0.25) is 18.7 Å². The number of ether oxygens (including phenoxy) is 1. The molecule has 2 aromatic rings. The van der Waals surface area contributed by atoms with Crippen molar-refractivity contribution in [3.63, 3.8) is 0 Å². The Kier molecular flexibility index (Phi) is 5.03. The van der Waals surface area contributed by atoms with Crippen LogP contribution in [0.15, 0.2) is 33.9 Å². The van der Waals surface area contributed by atoms with E-state index in [1.165, 1.54) is 9.13 Å². The molecular weight excluding hydrogens is 322 g/mol. The molecule has 25 heavy (non-hydrogen) atoms. The summed E-state index contributed by atoms with van der Waals surface area (Å²) in [6.45, 7) is 6.00. The molecule has 0 bridgehead atoms.